The summed E-state index contributed by atoms with van der Waals surface area (Å²) in [4.78, 5) is 13.4. The van der Waals surface area contributed by atoms with Crippen molar-refractivity contribution < 1.29 is 9.53 Å². The molecule has 0 saturated carbocycles. The van der Waals surface area contributed by atoms with Gasteiger partial charge in [0.05, 0.1) is 17.9 Å². The molecule has 0 aliphatic carbocycles. The highest BCUT2D eigenvalue weighted by atomic mass is 16.5. The highest BCUT2D eigenvalue weighted by molar-refractivity contribution is 5.99. The molecule has 0 heterocycles. The first kappa shape index (κ1) is 13.3. The SMILES string of the molecule is CCN(CCOC)c1cc(N)ccc1C(N)=O. The number of rotatable bonds is 6. The van der Waals surface area contributed by atoms with Gasteiger partial charge in [-0.1, -0.05) is 0 Å². The zero-order valence-electron chi connectivity index (χ0n) is 10.3. The van der Waals surface area contributed by atoms with Crippen molar-refractivity contribution in [2.45, 2.75) is 6.92 Å². The van der Waals surface area contributed by atoms with Crippen molar-refractivity contribution in [2.75, 3.05) is 37.4 Å². The number of primary amides is 1. The van der Waals surface area contributed by atoms with E-state index in [2.05, 4.69) is 0 Å². The third-order valence-corrected chi connectivity index (χ3v) is 2.57. The number of hydrogen-bond acceptors (Lipinski definition) is 4. The number of hydrogen-bond donors (Lipinski definition) is 2. The zero-order valence-corrected chi connectivity index (χ0v) is 10.3. The number of carbonyl (C=O) groups excluding carboxylic acids is 1. The topological polar surface area (TPSA) is 81.6 Å². The first-order valence-corrected chi connectivity index (χ1v) is 5.53. The van der Waals surface area contributed by atoms with Gasteiger partial charge in [0.1, 0.15) is 0 Å². The summed E-state index contributed by atoms with van der Waals surface area (Å²) < 4.78 is 5.04. The molecule has 94 valence electrons. The number of nitrogen functional groups attached to an aromatic ring is 1. The van der Waals surface area contributed by atoms with E-state index in [-0.39, 0.29) is 0 Å². The Morgan fingerprint density at radius 3 is 2.71 bits per heavy atom. The molecule has 5 heteroatoms. The molecule has 4 N–H and O–H groups in total. The summed E-state index contributed by atoms with van der Waals surface area (Å²) in [7, 11) is 1.64. The van der Waals surface area contributed by atoms with Crippen molar-refractivity contribution in [3.8, 4) is 0 Å². The summed E-state index contributed by atoms with van der Waals surface area (Å²) in [6.07, 6.45) is 0. The van der Waals surface area contributed by atoms with Crippen LogP contribution in [0.25, 0.3) is 0 Å². The van der Waals surface area contributed by atoms with Crippen LogP contribution in [-0.4, -0.2) is 32.7 Å². The van der Waals surface area contributed by atoms with E-state index < -0.39 is 5.91 Å². The number of ether oxygens (including phenoxy) is 1. The number of amides is 1. The average molecular weight is 237 g/mol. The molecule has 1 aromatic carbocycles. The van der Waals surface area contributed by atoms with Crippen LogP contribution in [0.4, 0.5) is 11.4 Å². The summed E-state index contributed by atoms with van der Waals surface area (Å²) in [5.74, 6) is -0.448. The Labute approximate surface area is 101 Å². The summed E-state index contributed by atoms with van der Waals surface area (Å²) in [5.41, 5.74) is 12.9. The van der Waals surface area contributed by atoms with Gasteiger partial charge in [0, 0.05) is 25.9 Å². The molecular weight excluding hydrogens is 218 g/mol. The van der Waals surface area contributed by atoms with Crippen LogP contribution in [-0.2, 0) is 4.74 Å². The number of anilines is 2. The lowest BCUT2D eigenvalue weighted by Crippen LogP contribution is -2.29. The summed E-state index contributed by atoms with van der Waals surface area (Å²) >= 11 is 0. The quantitative estimate of drug-likeness (QED) is 0.718. The van der Waals surface area contributed by atoms with Crippen LogP contribution in [0.15, 0.2) is 18.2 Å². The monoisotopic (exact) mass is 237 g/mol. The lowest BCUT2D eigenvalue weighted by Gasteiger charge is -2.24. The van der Waals surface area contributed by atoms with Crippen LogP contribution in [0.2, 0.25) is 0 Å². The maximum absolute atomic E-state index is 11.4. The molecule has 0 saturated heterocycles. The molecule has 0 aliphatic rings. The van der Waals surface area contributed by atoms with Crippen molar-refractivity contribution in [1.29, 1.82) is 0 Å². The maximum Gasteiger partial charge on any atom is 0.250 e. The molecule has 0 aliphatic heterocycles. The van der Waals surface area contributed by atoms with E-state index >= 15 is 0 Å². The minimum atomic E-state index is -0.448. The van der Waals surface area contributed by atoms with E-state index in [1.807, 2.05) is 11.8 Å². The minimum absolute atomic E-state index is 0.448. The van der Waals surface area contributed by atoms with Gasteiger partial charge < -0.3 is 21.1 Å². The normalized spacial score (nSPS) is 10.2. The third kappa shape index (κ3) is 3.35. The van der Waals surface area contributed by atoms with Gasteiger partial charge in [-0.3, -0.25) is 4.79 Å². The molecule has 1 aromatic rings. The summed E-state index contributed by atoms with van der Waals surface area (Å²) in [6.45, 7) is 4.04. The van der Waals surface area contributed by atoms with Gasteiger partial charge >= 0.3 is 0 Å². The number of nitrogens with two attached hydrogens (primary N) is 2. The van der Waals surface area contributed by atoms with Crippen LogP contribution in [0.1, 0.15) is 17.3 Å². The summed E-state index contributed by atoms with van der Waals surface area (Å²) in [6, 6.07) is 5.09. The molecule has 0 spiro atoms. The number of carbonyl (C=O) groups is 1. The molecule has 0 bridgehead atoms. The molecular formula is C12H19N3O2. The lowest BCUT2D eigenvalue weighted by atomic mass is 10.1. The van der Waals surface area contributed by atoms with Crippen molar-refractivity contribution in [3.63, 3.8) is 0 Å². The number of nitrogens with zero attached hydrogens (tertiary/aromatic N) is 1. The van der Waals surface area contributed by atoms with Crippen molar-refractivity contribution in [2.24, 2.45) is 5.73 Å². The molecule has 0 fully saturated rings. The first-order chi connectivity index (χ1) is 8.10. The van der Waals surface area contributed by atoms with Crippen LogP contribution in [0, 0.1) is 0 Å². The van der Waals surface area contributed by atoms with E-state index in [1.54, 1.807) is 25.3 Å². The highest BCUT2D eigenvalue weighted by Gasteiger charge is 2.13. The molecule has 0 unspecified atom stereocenters. The van der Waals surface area contributed by atoms with Gasteiger partial charge in [-0.15, -0.1) is 0 Å². The second kappa shape index (κ2) is 6.10. The fraction of sp³-hybridized carbons (Fsp3) is 0.417. The number of likely N-dealkylation sites (N-methyl/N-ethyl adjacent to an activating group) is 1. The van der Waals surface area contributed by atoms with Gasteiger partial charge in [0.25, 0.3) is 5.91 Å². The molecule has 0 aromatic heterocycles. The molecule has 17 heavy (non-hydrogen) atoms. The minimum Gasteiger partial charge on any atom is -0.399 e. The number of methoxy groups -OCH3 is 1. The van der Waals surface area contributed by atoms with Gasteiger partial charge in [0.2, 0.25) is 0 Å². The second-order valence-corrected chi connectivity index (χ2v) is 3.71. The molecule has 5 nitrogen and oxygen atoms in total. The largest absolute Gasteiger partial charge is 0.399 e. The smallest absolute Gasteiger partial charge is 0.250 e. The molecule has 1 rings (SSSR count). The highest BCUT2D eigenvalue weighted by Crippen LogP contribution is 2.23. The standard InChI is InChI=1S/C12H19N3O2/c1-3-15(6-7-17-2)11-8-9(13)4-5-10(11)12(14)16/h4-5,8H,3,6-7,13H2,1-2H3,(H2,14,16). The lowest BCUT2D eigenvalue weighted by molar-refractivity contribution is 0.100. The Morgan fingerprint density at radius 2 is 2.18 bits per heavy atom. The van der Waals surface area contributed by atoms with Gasteiger partial charge in [-0.25, -0.2) is 0 Å². The second-order valence-electron chi connectivity index (χ2n) is 3.71. The Balaban J connectivity index is 3.06. The van der Waals surface area contributed by atoms with Crippen LogP contribution < -0.4 is 16.4 Å². The van der Waals surface area contributed by atoms with Crippen LogP contribution >= 0.6 is 0 Å². The average Bonchev–Trinajstić information content (AvgIpc) is 2.29. The van der Waals surface area contributed by atoms with Crippen molar-refractivity contribution >= 4 is 17.3 Å². The Hall–Kier alpha value is -1.75. The Bertz CT molecular complexity index is 393. The van der Waals surface area contributed by atoms with E-state index in [1.165, 1.54) is 0 Å². The maximum atomic E-state index is 11.4. The summed E-state index contributed by atoms with van der Waals surface area (Å²) in [5, 5.41) is 0. The molecule has 0 atom stereocenters. The Morgan fingerprint density at radius 1 is 1.47 bits per heavy atom. The van der Waals surface area contributed by atoms with Gasteiger partial charge in [-0.2, -0.15) is 0 Å². The first-order valence-electron chi connectivity index (χ1n) is 5.53. The van der Waals surface area contributed by atoms with E-state index in [9.17, 15) is 4.79 Å². The number of benzene rings is 1. The van der Waals surface area contributed by atoms with Crippen LogP contribution in [0.3, 0.4) is 0 Å². The Kier molecular flexibility index (Phi) is 4.78. The third-order valence-electron chi connectivity index (χ3n) is 2.57. The molecule has 0 radical (unpaired) electrons. The molecule has 1 amide bonds. The van der Waals surface area contributed by atoms with Crippen molar-refractivity contribution in [1.82, 2.24) is 0 Å². The fourth-order valence-corrected chi connectivity index (χ4v) is 1.67. The van der Waals surface area contributed by atoms with Crippen molar-refractivity contribution in [3.05, 3.63) is 23.8 Å². The van der Waals surface area contributed by atoms with E-state index in [0.29, 0.717) is 24.4 Å². The van der Waals surface area contributed by atoms with Gasteiger partial charge in [0.15, 0.2) is 0 Å². The van der Waals surface area contributed by atoms with Crippen LogP contribution in [0.5, 0.6) is 0 Å². The van der Waals surface area contributed by atoms with E-state index in [4.69, 9.17) is 16.2 Å². The fourth-order valence-electron chi connectivity index (χ4n) is 1.67. The zero-order chi connectivity index (χ0) is 12.8. The van der Waals surface area contributed by atoms with Gasteiger partial charge in [-0.05, 0) is 25.1 Å². The predicted molar refractivity (Wildman–Crippen MR) is 69.1 cm³/mol. The van der Waals surface area contributed by atoms with E-state index in [0.717, 1.165) is 12.2 Å². The predicted octanol–water partition coefficient (Wildman–Crippen LogP) is 0.840.